The molecule has 0 nitrogen and oxygen atoms in total. The lowest BCUT2D eigenvalue weighted by Gasteiger charge is -2.57. The van der Waals surface area contributed by atoms with Gasteiger partial charge in [0.05, 0.1) is 0 Å². The molecule has 0 heterocycles. The predicted octanol–water partition coefficient (Wildman–Crippen LogP) is 10.3. The lowest BCUT2D eigenvalue weighted by molar-refractivity contribution is -0.0712. The third-order valence-corrected chi connectivity index (χ3v) is 8.37. The molecule has 1 aliphatic carbocycles. The van der Waals surface area contributed by atoms with Crippen LogP contribution in [0.2, 0.25) is 0 Å². The second-order valence-corrected chi connectivity index (χ2v) is 10.6. The Kier molecular flexibility index (Phi) is 14.1. The average molecular weight is 381 g/mol. The number of rotatable bonds is 13. The van der Waals surface area contributed by atoms with Crippen molar-refractivity contribution in [1.29, 1.82) is 0 Å². The van der Waals surface area contributed by atoms with Crippen molar-refractivity contribution in [2.24, 2.45) is 16.2 Å². The van der Waals surface area contributed by atoms with E-state index in [9.17, 15) is 0 Å². The van der Waals surface area contributed by atoms with Crippen molar-refractivity contribution in [3.8, 4) is 0 Å². The molecule has 0 bridgehead atoms. The van der Waals surface area contributed by atoms with E-state index in [0.717, 1.165) is 0 Å². The Morgan fingerprint density at radius 2 is 0.963 bits per heavy atom. The molecular weight excluding hydrogens is 324 g/mol. The first kappa shape index (κ1) is 27.0. The van der Waals surface area contributed by atoms with E-state index < -0.39 is 0 Å². The number of hydrogen-bond donors (Lipinski definition) is 0. The van der Waals surface area contributed by atoms with Gasteiger partial charge in [-0.3, -0.25) is 0 Å². The van der Waals surface area contributed by atoms with E-state index in [-0.39, 0.29) is 0 Å². The second-order valence-electron chi connectivity index (χ2n) is 10.6. The van der Waals surface area contributed by atoms with Gasteiger partial charge < -0.3 is 0 Å². The Hall–Kier alpha value is 0. The fourth-order valence-corrected chi connectivity index (χ4v) is 5.37. The van der Waals surface area contributed by atoms with Crippen LogP contribution in [0.4, 0.5) is 0 Å². The highest BCUT2D eigenvalue weighted by molar-refractivity contribution is 5.00. The Labute approximate surface area is 174 Å². The van der Waals surface area contributed by atoms with Crippen LogP contribution in [0.1, 0.15) is 158 Å². The first-order chi connectivity index (χ1) is 12.7. The van der Waals surface area contributed by atoms with Crippen molar-refractivity contribution < 1.29 is 0 Å². The van der Waals surface area contributed by atoms with E-state index in [1.807, 2.05) is 0 Å². The maximum atomic E-state index is 2.64. The summed E-state index contributed by atoms with van der Waals surface area (Å²) in [4.78, 5) is 0. The van der Waals surface area contributed by atoms with E-state index in [2.05, 4.69) is 55.4 Å². The van der Waals surface area contributed by atoms with Crippen LogP contribution in [-0.2, 0) is 0 Å². The van der Waals surface area contributed by atoms with E-state index in [1.165, 1.54) is 103 Å². The van der Waals surface area contributed by atoms with Crippen molar-refractivity contribution in [1.82, 2.24) is 0 Å². The number of unbranched alkanes of at least 4 members (excludes halogenated alkanes) is 4. The summed E-state index contributed by atoms with van der Waals surface area (Å²) in [6, 6.07) is 0. The van der Waals surface area contributed by atoms with Crippen LogP contribution in [0, 0.1) is 16.2 Å². The lowest BCUT2D eigenvalue weighted by Crippen LogP contribution is -2.48. The molecule has 0 N–H and O–H groups in total. The molecule has 0 aromatic rings. The van der Waals surface area contributed by atoms with Gasteiger partial charge in [0.25, 0.3) is 0 Å². The minimum absolute atomic E-state index is 0.440. The molecule has 2 unspecified atom stereocenters. The first-order valence-electron chi connectivity index (χ1n) is 12.7. The van der Waals surface area contributed by atoms with Gasteiger partial charge in [0.1, 0.15) is 0 Å². The smallest absolute Gasteiger partial charge is 0.0221 e. The maximum absolute atomic E-state index is 2.64. The molecule has 1 aliphatic rings. The van der Waals surface area contributed by atoms with Crippen LogP contribution in [-0.4, -0.2) is 0 Å². The topological polar surface area (TPSA) is 0 Å². The highest BCUT2D eigenvalue weighted by Crippen LogP contribution is 2.60. The van der Waals surface area contributed by atoms with Crippen molar-refractivity contribution in [3.63, 3.8) is 0 Å². The molecule has 0 saturated heterocycles. The summed E-state index contributed by atoms with van der Waals surface area (Å²) in [6.45, 7) is 19.8. The number of hydrogen-bond acceptors (Lipinski definition) is 0. The molecule has 27 heavy (non-hydrogen) atoms. The molecule has 0 aliphatic heterocycles. The minimum Gasteiger partial charge on any atom is -0.0654 e. The summed E-state index contributed by atoms with van der Waals surface area (Å²) in [5.74, 6) is 0. The molecule has 1 fully saturated rings. The minimum atomic E-state index is 0.440. The summed E-state index contributed by atoms with van der Waals surface area (Å²) < 4.78 is 0. The third-order valence-electron chi connectivity index (χ3n) is 8.37. The molecule has 1 rings (SSSR count). The summed E-state index contributed by atoms with van der Waals surface area (Å²) in [5.41, 5.74) is 1.37. The molecule has 0 radical (unpaired) electrons. The summed E-state index contributed by atoms with van der Waals surface area (Å²) in [5, 5.41) is 0. The van der Waals surface area contributed by atoms with Gasteiger partial charge in [-0.1, -0.05) is 139 Å². The highest BCUT2D eigenvalue weighted by atomic mass is 14.6. The monoisotopic (exact) mass is 380 g/mol. The van der Waals surface area contributed by atoms with Crippen LogP contribution in [0.15, 0.2) is 0 Å². The van der Waals surface area contributed by atoms with Gasteiger partial charge in [-0.25, -0.2) is 0 Å². The van der Waals surface area contributed by atoms with Crippen molar-refractivity contribution in [2.75, 3.05) is 0 Å². The Balaban J connectivity index is 0.00000115. The molecule has 2 atom stereocenters. The largest absolute Gasteiger partial charge is 0.0654 e. The van der Waals surface area contributed by atoms with Crippen LogP contribution < -0.4 is 0 Å². The molecule has 164 valence electrons. The Morgan fingerprint density at radius 3 is 1.37 bits per heavy atom. The molecular formula is C27H56. The normalized spacial score (nSPS) is 19.1. The zero-order valence-corrected chi connectivity index (χ0v) is 20.8. The predicted molar refractivity (Wildman–Crippen MR) is 127 cm³/mol. The van der Waals surface area contributed by atoms with Gasteiger partial charge in [0.15, 0.2) is 0 Å². The molecule has 1 saturated carbocycles. The van der Waals surface area contributed by atoms with E-state index in [4.69, 9.17) is 0 Å². The zero-order chi connectivity index (χ0) is 20.8. The fraction of sp³-hybridized carbons (Fsp3) is 1.00. The van der Waals surface area contributed by atoms with Crippen LogP contribution in [0.3, 0.4) is 0 Å². The molecule has 0 aromatic heterocycles. The quantitative estimate of drug-likeness (QED) is 0.279. The van der Waals surface area contributed by atoms with Crippen molar-refractivity contribution in [3.05, 3.63) is 0 Å². The highest BCUT2D eigenvalue weighted by Gasteiger charge is 2.51. The first-order valence-corrected chi connectivity index (χ1v) is 12.7. The average Bonchev–Trinajstić information content (AvgIpc) is 3.24. The SMILES string of the molecule is C1CCCC1.CCCCCC(C)(C(C)(C)CCCC)C(C)(CC)CCCC. The zero-order valence-electron chi connectivity index (χ0n) is 20.8. The van der Waals surface area contributed by atoms with Crippen LogP contribution in [0.5, 0.6) is 0 Å². The van der Waals surface area contributed by atoms with E-state index >= 15 is 0 Å². The van der Waals surface area contributed by atoms with Gasteiger partial charge in [0, 0.05) is 0 Å². The van der Waals surface area contributed by atoms with Gasteiger partial charge >= 0.3 is 0 Å². The van der Waals surface area contributed by atoms with Gasteiger partial charge in [0.2, 0.25) is 0 Å². The molecule has 0 spiro atoms. The van der Waals surface area contributed by atoms with E-state index in [1.54, 1.807) is 0 Å². The molecule has 0 amide bonds. The Bertz CT molecular complexity index is 330. The fourth-order valence-electron chi connectivity index (χ4n) is 5.37. The van der Waals surface area contributed by atoms with Gasteiger partial charge in [-0.2, -0.15) is 0 Å². The standard InChI is InChI=1S/C22H46.C5H10/c1-9-13-16-19-22(8,20(5,6)17-14-10-2)21(7,12-4)18-15-11-3;1-2-4-5-3-1/h9-19H2,1-8H3;1-5H2. The molecule has 0 heteroatoms. The third kappa shape index (κ3) is 8.49. The van der Waals surface area contributed by atoms with Gasteiger partial charge in [-0.15, -0.1) is 0 Å². The van der Waals surface area contributed by atoms with E-state index in [0.29, 0.717) is 16.2 Å². The summed E-state index contributed by atoms with van der Waals surface area (Å²) in [6.07, 6.45) is 22.6. The summed E-state index contributed by atoms with van der Waals surface area (Å²) >= 11 is 0. The Morgan fingerprint density at radius 1 is 0.519 bits per heavy atom. The van der Waals surface area contributed by atoms with Crippen LogP contribution in [0.25, 0.3) is 0 Å². The van der Waals surface area contributed by atoms with Crippen molar-refractivity contribution >= 4 is 0 Å². The van der Waals surface area contributed by atoms with Gasteiger partial charge in [-0.05, 0) is 35.5 Å². The van der Waals surface area contributed by atoms with Crippen LogP contribution >= 0.6 is 0 Å². The summed E-state index contributed by atoms with van der Waals surface area (Å²) in [7, 11) is 0. The lowest BCUT2D eigenvalue weighted by atomic mass is 9.48. The van der Waals surface area contributed by atoms with Crippen molar-refractivity contribution in [2.45, 2.75) is 158 Å². The maximum Gasteiger partial charge on any atom is -0.0221 e. The second kappa shape index (κ2) is 14.1. The molecule has 0 aromatic carbocycles.